The fourth-order valence-corrected chi connectivity index (χ4v) is 4.08. The highest BCUT2D eigenvalue weighted by atomic mass is 35.5. The molecule has 0 aromatic heterocycles. The average Bonchev–Trinajstić information content (AvgIpc) is 2.60. The third-order valence-corrected chi connectivity index (χ3v) is 5.60. The summed E-state index contributed by atoms with van der Waals surface area (Å²) in [4.78, 5) is 12.7. The Balaban J connectivity index is 2.21. The fourth-order valence-electron chi connectivity index (χ4n) is 2.73. The molecular weight excluding hydrogens is 388 g/mol. The van der Waals surface area contributed by atoms with Crippen LogP contribution in [0.4, 0.5) is 5.69 Å². The van der Waals surface area contributed by atoms with E-state index in [0.717, 1.165) is 21.9 Å². The maximum absolute atomic E-state index is 12.7. The van der Waals surface area contributed by atoms with Crippen molar-refractivity contribution in [1.29, 1.82) is 0 Å². The summed E-state index contributed by atoms with van der Waals surface area (Å²) in [6.07, 6.45) is 1.06. The number of ether oxygens (including phenoxy) is 1. The van der Waals surface area contributed by atoms with Gasteiger partial charge < -0.3 is 10.1 Å². The molecule has 0 aliphatic rings. The minimum absolute atomic E-state index is 0.299. The number of methoxy groups -OCH3 is 1. The molecule has 0 bridgehead atoms. The van der Waals surface area contributed by atoms with E-state index in [0.29, 0.717) is 10.7 Å². The van der Waals surface area contributed by atoms with Crippen molar-refractivity contribution >= 4 is 33.2 Å². The molecule has 2 aromatic rings. The Labute approximate surface area is 165 Å². The third-order valence-electron chi connectivity index (χ3n) is 4.13. The molecule has 146 valence electrons. The van der Waals surface area contributed by atoms with Gasteiger partial charge in [0.1, 0.15) is 11.8 Å². The van der Waals surface area contributed by atoms with Gasteiger partial charge in [-0.3, -0.25) is 9.10 Å². The van der Waals surface area contributed by atoms with Gasteiger partial charge in [-0.2, -0.15) is 0 Å². The molecule has 0 radical (unpaired) electrons. The van der Waals surface area contributed by atoms with Crippen molar-refractivity contribution in [2.24, 2.45) is 0 Å². The standard InChI is InChI=1S/C19H23ClN2O4S/c1-13(15-8-10-18(26-3)11-9-15)21-19(23)14(2)22(27(4,24)25)17-7-5-6-16(20)12-17/h5-14H,1-4H3,(H,21,23)/t13-,14-/m0/s1. The van der Waals surface area contributed by atoms with Crippen molar-refractivity contribution in [3.8, 4) is 5.75 Å². The van der Waals surface area contributed by atoms with E-state index in [1.165, 1.54) is 13.0 Å². The molecule has 1 N–H and O–H groups in total. The largest absolute Gasteiger partial charge is 0.497 e. The first kappa shape index (κ1) is 21.1. The van der Waals surface area contributed by atoms with Crippen LogP contribution in [-0.2, 0) is 14.8 Å². The molecule has 2 rings (SSSR count). The molecule has 1 amide bonds. The Bertz CT molecular complexity index is 900. The van der Waals surface area contributed by atoms with E-state index in [1.807, 2.05) is 19.1 Å². The predicted molar refractivity (Wildman–Crippen MR) is 108 cm³/mol. The molecule has 8 heteroatoms. The molecule has 2 atom stereocenters. The molecule has 0 aliphatic carbocycles. The molecule has 0 unspecified atom stereocenters. The van der Waals surface area contributed by atoms with Crippen LogP contribution in [0.3, 0.4) is 0 Å². The van der Waals surface area contributed by atoms with Crippen LogP contribution in [0.25, 0.3) is 0 Å². The lowest BCUT2D eigenvalue weighted by molar-refractivity contribution is -0.122. The number of nitrogens with zero attached hydrogens (tertiary/aromatic N) is 1. The molecule has 0 fully saturated rings. The number of carbonyl (C=O) groups excluding carboxylic acids is 1. The lowest BCUT2D eigenvalue weighted by atomic mass is 10.1. The van der Waals surface area contributed by atoms with Crippen LogP contribution in [0.15, 0.2) is 48.5 Å². The molecular formula is C19H23ClN2O4S. The van der Waals surface area contributed by atoms with Crippen LogP contribution >= 0.6 is 11.6 Å². The summed E-state index contributed by atoms with van der Waals surface area (Å²) in [7, 11) is -2.11. The highest BCUT2D eigenvalue weighted by molar-refractivity contribution is 7.92. The van der Waals surface area contributed by atoms with E-state index in [9.17, 15) is 13.2 Å². The van der Waals surface area contributed by atoms with Gasteiger partial charge in [0.2, 0.25) is 15.9 Å². The predicted octanol–water partition coefficient (Wildman–Crippen LogP) is 3.38. The number of amides is 1. The summed E-state index contributed by atoms with van der Waals surface area (Å²) >= 11 is 5.98. The number of nitrogens with one attached hydrogen (secondary N) is 1. The molecule has 0 saturated heterocycles. The van der Waals surface area contributed by atoms with Gasteiger partial charge in [0.15, 0.2) is 0 Å². The lowest BCUT2D eigenvalue weighted by Gasteiger charge is -2.29. The number of anilines is 1. The summed E-state index contributed by atoms with van der Waals surface area (Å²) in [5.41, 5.74) is 1.22. The third kappa shape index (κ3) is 5.37. The summed E-state index contributed by atoms with van der Waals surface area (Å²) in [5, 5.41) is 3.24. The summed E-state index contributed by atoms with van der Waals surface area (Å²) in [5.74, 6) is 0.304. The van der Waals surface area contributed by atoms with Gasteiger partial charge in [0.25, 0.3) is 0 Å². The number of hydrogen-bond acceptors (Lipinski definition) is 4. The number of halogens is 1. The Morgan fingerprint density at radius 2 is 1.78 bits per heavy atom. The van der Waals surface area contributed by atoms with Crippen LogP contribution in [0, 0.1) is 0 Å². The average molecular weight is 411 g/mol. The zero-order valence-electron chi connectivity index (χ0n) is 15.6. The van der Waals surface area contributed by atoms with Crippen molar-refractivity contribution in [2.45, 2.75) is 25.9 Å². The first-order chi connectivity index (χ1) is 12.6. The quantitative estimate of drug-likeness (QED) is 0.759. The SMILES string of the molecule is COc1ccc([C@H](C)NC(=O)[C@H](C)N(c2cccc(Cl)c2)S(C)(=O)=O)cc1. The molecule has 0 spiro atoms. The van der Waals surface area contributed by atoms with E-state index >= 15 is 0 Å². The second-order valence-corrected chi connectivity index (χ2v) is 8.51. The topological polar surface area (TPSA) is 75.7 Å². The molecule has 0 saturated carbocycles. The van der Waals surface area contributed by atoms with Crippen molar-refractivity contribution in [3.05, 3.63) is 59.1 Å². The first-order valence-electron chi connectivity index (χ1n) is 8.32. The van der Waals surface area contributed by atoms with Crippen LogP contribution in [0.2, 0.25) is 5.02 Å². The Morgan fingerprint density at radius 3 is 2.30 bits per heavy atom. The number of rotatable bonds is 7. The second-order valence-electron chi connectivity index (χ2n) is 6.22. The van der Waals surface area contributed by atoms with E-state index < -0.39 is 22.0 Å². The maximum atomic E-state index is 12.7. The van der Waals surface area contributed by atoms with Crippen molar-refractivity contribution < 1.29 is 17.9 Å². The summed E-state index contributed by atoms with van der Waals surface area (Å²) in [6.45, 7) is 3.37. The lowest BCUT2D eigenvalue weighted by Crippen LogP contribution is -2.48. The Morgan fingerprint density at radius 1 is 1.15 bits per heavy atom. The highest BCUT2D eigenvalue weighted by Gasteiger charge is 2.30. The van der Waals surface area contributed by atoms with E-state index in [-0.39, 0.29) is 6.04 Å². The summed E-state index contributed by atoms with van der Waals surface area (Å²) in [6, 6.07) is 12.4. The fraction of sp³-hybridized carbons (Fsp3) is 0.316. The minimum atomic E-state index is -3.69. The van der Waals surface area contributed by atoms with Gasteiger partial charge in [0, 0.05) is 5.02 Å². The molecule has 6 nitrogen and oxygen atoms in total. The van der Waals surface area contributed by atoms with Crippen LogP contribution in [-0.4, -0.2) is 33.7 Å². The molecule has 0 aliphatic heterocycles. The maximum Gasteiger partial charge on any atom is 0.244 e. The number of hydrogen-bond donors (Lipinski definition) is 1. The van der Waals surface area contributed by atoms with Gasteiger partial charge in [-0.15, -0.1) is 0 Å². The van der Waals surface area contributed by atoms with E-state index in [1.54, 1.807) is 37.4 Å². The van der Waals surface area contributed by atoms with Crippen molar-refractivity contribution in [1.82, 2.24) is 5.32 Å². The number of benzene rings is 2. The molecule has 27 heavy (non-hydrogen) atoms. The minimum Gasteiger partial charge on any atom is -0.497 e. The van der Waals surface area contributed by atoms with Crippen LogP contribution < -0.4 is 14.4 Å². The zero-order valence-corrected chi connectivity index (χ0v) is 17.2. The summed E-state index contributed by atoms with van der Waals surface area (Å²) < 4.78 is 30.8. The zero-order chi connectivity index (χ0) is 20.2. The normalized spacial score (nSPS) is 13.5. The van der Waals surface area contributed by atoms with Crippen molar-refractivity contribution in [3.63, 3.8) is 0 Å². The van der Waals surface area contributed by atoms with E-state index in [4.69, 9.17) is 16.3 Å². The van der Waals surface area contributed by atoms with E-state index in [2.05, 4.69) is 5.32 Å². The Kier molecular flexibility index (Phi) is 6.73. The van der Waals surface area contributed by atoms with Crippen LogP contribution in [0.1, 0.15) is 25.5 Å². The van der Waals surface area contributed by atoms with Gasteiger partial charge in [-0.05, 0) is 49.7 Å². The van der Waals surface area contributed by atoms with Crippen molar-refractivity contribution in [2.75, 3.05) is 17.7 Å². The number of sulfonamides is 1. The Hall–Kier alpha value is -2.25. The smallest absolute Gasteiger partial charge is 0.244 e. The monoisotopic (exact) mass is 410 g/mol. The molecule has 2 aromatic carbocycles. The first-order valence-corrected chi connectivity index (χ1v) is 10.6. The number of carbonyl (C=O) groups is 1. The van der Waals surface area contributed by atoms with Gasteiger partial charge >= 0.3 is 0 Å². The highest BCUT2D eigenvalue weighted by Crippen LogP contribution is 2.25. The van der Waals surface area contributed by atoms with Crippen LogP contribution in [0.5, 0.6) is 5.75 Å². The van der Waals surface area contributed by atoms with Gasteiger partial charge in [-0.25, -0.2) is 8.42 Å². The second kappa shape index (κ2) is 8.63. The van der Waals surface area contributed by atoms with Gasteiger partial charge in [-0.1, -0.05) is 29.8 Å². The molecule has 0 heterocycles. The van der Waals surface area contributed by atoms with Gasteiger partial charge in [0.05, 0.1) is 25.1 Å².